The first-order valence-electron chi connectivity index (χ1n) is 16.9. The lowest BCUT2D eigenvalue weighted by atomic mass is 9.87. The standard InChI is InChI=1S/C42H40N2O8/c1-21-15-27-29(17-31(45)39(49)35(27)41(51)43-19-23(3)25-11-7-5-8-12-25)37(47)33(21)34-22(2)16-28-30(38(34)48)18-32(46)40(50)36(28)42(52)44-20-24(4)26-13-9-6-10-14-26/h5-18,23-24,45-50H,19-20H2,1-4H3,(H,43,51)(H,44,52)/t23-,24?/m0/s1. The third kappa shape index (κ3) is 6.35. The molecule has 6 aromatic rings. The zero-order chi connectivity index (χ0) is 37.4. The van der Waals surface area contributed by atoms with Crippen molar-refractivity contribution < 1.29 is 40.2 Å². The molecule has 266 valence electrons. The Morgan fingerprint density at radius 1 is 0.519 bits per heavy atom. The number of nitrogens with one attached hydrogen (secondary N) is 2. The molecule has 2 atom stereocenters. The van der Waals surface area contributed by atoms with Gasteiger partial charge in [0.25, 0.3) is 11.8 Å². The van der Waals surface area contributed by atoms with Gasteiger partial charge in [-0.1, -0.05) is 74.5 Å². The summed E-state index contributed by atoms with van der Waals surface area (Å²) in [5.74, 6) is -4.73. The number of fused-ring (bicyclic) bond motifs is 2. The number of phenols is 6. The van der Waals surface area contributed by atoms with Crippen molar-refractivity contribution in [3.8, 4) is 45.6 Å². The minimum absolute atomic E-state index is 0.0391. The first-order valence-corrected chi connectivity index (χ1v) is 16.9. The molecule has 0 aliphatic carbocycles. The Balaban J connectivity index is 1.41. The second-order valence-corrected chi connectivity index (χ2v) is 13.3. The summed E-state index contributed by atoms with van der Waals surface area (Å²) in [4.78, 5) is 27.0. The molecule has 0 fully saturated rings. The molecule has 0 saturated carbocycles. The average Bonchev–Trinajstić information content (AvgIpc) is 3.13. The lowest BCUT2D eigenvalue weighted by Crippen LogP contribution is -2.27. The van der Waals surface area contributed by atoms with Crippen molar-refractivity contribution in [1.82, 2.24) is 10.6 Å². The van der Waals surface area contributed by atoms with Crippen LogP contribution in [0.2, 0.25) is 0 Å². The molecule has 6 rings (SSSR count). The highest BCUT2D eigenvalue weighted by molar-refractivity contribution is 6.16. The fourth-order valence-electron chi connectivity index (χ4n) is 6.82. The summed E-state index contributed by atoms with van der Waals surface area (Å²) >= 11 is 0. The largest absolute Gasteiger partial charge is 0.507 e. The van der Waals surface area contributed by atoms with Crippen molar-refractivity contribution in [2.24, 2.45) is 0 Å². The van der Waals surface area contributed by atoms with E-state index in [0.29, 0.717) is 11.1 Å². The topological polar surface area (TPSA) is 180 Å². The van der Waals surface area contributed by atoms with Crippen LogP contribution in [-0.2, 0) is 0 Å². The first-order chi connectivity index (χ1) is 24.8. The van der Waals surface area contributed by atoms with E-state index < -0.39 is 34.8 Å². The number of hydrogen-bond acceptors (Lipinski definition) is 8. The van der Waals surface area contributed by atoms with E-state index in [-0.39, 0.29) is 80.2 Å². The third-order valence-corrected chi connectivity index (χ3v) is 9.71. The van der Waals surface area contributed by atoms with Crippen molar-refractivity contribution in [2.75, 3.05) is 13.1 Å². The smallest absolute Gasteiger partial charge is 0.255 e. The van der Waals surface area contributed by atoms with Gasteiger partial charge in [-0.25, -0.2) is 0 Å². The molecular weight excluding hydrogens is 660 g/mol. The van der Waals surface area contributed by atoms with E-state index in [0.717, 1.165) is 23.3 Å². The lowest BCUT2D eigenvalue weighted by Gasteiger charge is -2.21. The zero-order valence-corrected chi connectivity index (χ0v) is 29.2. The molecular formula is C42H40N2O8. The van der Waals surface area contributed by atoms with Crippen molar-refractivity contribution in [3.05, 3.63) is 118 Å². The van der Waals surface area contributed by atoms with E-state index in [1.165, 1.54) is 0 Å². The number of phenolic OH excluding ortho intramolecular Hbond substituents is 6. The molecule has 0 aliphatic heterocycles. The Labute approximate surface area is 300 Å². The van der Waals surface area contributed by atoms with Crippen molar-refractivity contribution >= 4 is 33.4 Å². The minimum atomic E-state index is -0.656. The van der Waals surface area contributed by atoms with Gasteiger partial charge in [0.2, 0.25) is 0 Å². The quantitative estimate of drug-likeness (QED) is 0.0711. The Morgan fingerprint density at radius 2 is 0.865 bits per heavy atom. The van der Waals surface area contributed by atoms with Gasteiger partial charge in [0.15, 0.2) is 23.0 Å². The maximum absolute atomic E-state index is 13.5. The summed E-state index contributed by atoms with van der Waals surface area (Å²) in [5, 5.41) is 72.7. The molecule has 52 heavy (non-hydrogen) atoms. The number of carbonyl (C=O) groups excluding carboxylic acids is 2. The van der Waals surface area contributed by atoms with Gasteiger partial charge in [-0.05, 0) is 72.2 Å². The minimum Gasteiger partial charge on any atom is -0.507 e. The highest BCUT2D eigenvalue weighted by atomic mass is 16.3. The summed E-state index contributed by atoms with van der Waals surface area (Å²) in [6.45, 7) is 7.67. The van der Waals surface area contributed by atoms with Crippen LogP contribution in [0.15, 0.2) is 84.9 Å². The first kappa shape index (κ1) is 35.4. The van der Waals surface area contributed by atoms with Gasteiger partial charge in [-0.15, -0.1) is 0 Å². The summed E-state index contributed by atoms with van der Waals surface area (Å²) < 4.78 is 0. The van der Waals surface area contributed by atoms with Gasteiger partial charge in [-0.2, -0.15) is 0 Å². The predicted octanol–water partition coefficient (Wildman–Crippen LogP) is 7.58. The molecule has 0 bridgehead atoms. The van der Waals surface area contributed by atoms with E-state index in [1.54, 1.807) is 26.0 Å². The van der Waals surface area contributed by atoms with Gasteiger partial charge in [0, 0.05) is 45.8 Å². The number of carbonyl (C=O) groups is 2. The van der Waals surface area contributed by atoms with Gasteiger partial charge in [0.05, 0.1) is 11.1 Å². The molecule has 0 spiro atoms. The molecule has 10 heteroatoms. The number of aromatic hydroxyl groups is 6. The molecule has 0 heterocycles. The molecule has 10 nitrogen and oxygen atoms in total. The Hall–Kier alpha value is -6.42. The molecule has 0 aromatic heterocycles. The highest BCUT2D eigenvalue weighted by Gasteiger charge is 2.28. The van der Waals surface area contributed by atoms with Crippen molar-refractivity contribution in [3.63, 3.8) is 0 Å². The predicted molar refractivity (Wildman–Crippen MR) is 201 cm³/mol. The van der Waals surface area contributed by atoms with E-state index in [1.807, 2.05) is 74.5 Å². The van der Waals surface area contributed by atoms with Gasteiger partial charge in [-0.3, -0.25) is 9.59 Å². The maximum atomic E-state index is 13.5. The van der Waals surface area contributed by atoms with Crippen LogP contribution < -0.4 is 10.6 Å². The van der Waals surface area contributed by atoms with Crippen molar-refractivity contribution in [2.45, 2.75) is 39.5 Å². The fraction of sp³-hybridized carbons (Fsp3) is 0.190. The summed E-state index contributed by atoms with van der Waals surface area (Å²) in [5.41, 5.74) is 2.71. The molecule has 8 N–H and O–H groups in total. The van der Waals surface area contributed by atoms with Crippen LogP contribution in [0.3, 0.4) is 0 Å². The Morgan fingerprint density at radius 3 is 1.21 bits per heavy atom. The van der Waals surface area contributed by atoms with E-state index >= 15 is 0 Å². The van der Waals surface area contributed by atoms with Gasteiger partial charge >= 0.3 is 0 Å². The second-order valence-electron chi connectivity index (χ2n) is 13.3. The maximum Gasteiger partial charge on any atom is 0.255 e. The average molecular weight is 701 g/mol. The normalized spacial score (nSPS) is 12.5. The third-order valence-electron chi connectivity index (χ3n) is 9.71. The van der Waals surface area contributed by atoms with Crippen LogP contribution >= 0.6 is 0 Å². The lowest BCUT2D eigenvalue weighted by molar-refractivity contribution is 0.0941. The van der Waals surface area contributed by atoms with Crippen LogP contribution in [0.4, 0.5) is 0 Å². The number of benzene rings is 6. The van der Waals surface area contributed by atoms with E-state index in [9.17, 15) is 40.2 Å². The number of aryl methyl sites for hydroxylation is 2. The zero-order valence-electron chi connectivity index (χ0n) is 29.2. The second kappa shape index (κ2) is 14.1. The molecule has 2 amide bonds. The monoisotopic (exact) mass is 700 g/mol. The van der Waals surface area contributed by atoms with Crippen LogP contribution in [-0.4, -0.2) is 55.5 Å². The number of rotatable bonds is 9. The van der Waals surface area contributed by atoms with Crippen LogP contribution in [0.25, 0.3) is 32.7 Å². The van der Waals surface area contributed by atoms with Crippen molar-refractivity contribution in [1.29, 1.82) is 0 Å². The number of hydrogen-bond donors (Lipinski definition) is 8. The molecule has 0 radical (unpaired) electrons. The highest BCUT2D eigenvalue weighted by Crippen LogP contribution is 2.51. The van der Waals surface area contributed by atoms with E-state index in [2.05, 4.69) is 10.6 Å². The SMILES string of the molecule is Cc1cc2c(C(=O)NCC(C)c3ccccc3)c(O)c(O)cc2c(O)c1-c1c(C)cc2c(C(=O)NC[C@H](C)c3ccccc3)c(O)c(O)cc2c1O. The summed E-state index contributed by atoms with van der Waals surface area (Å²) in [6, 6.07) is 24.6. The fourth-order valence-corrected chi connectivity index (χ4v) is 6.82. The van der Waals surface area contributed by atoms with Crippen LogP contribution in [0, 0.1) is 13.8 Å². The Bertz CT molecular complexity index is 2190. The molecule has 0 saturated heterocycles. The van der Waals surface area contributed by atoms with Gasteiger partial charge < -0.3 is 41.3 Å². The number of amides is 2. The summed E-state index contributed by atoms with van der Waals surface area (Å²) in [6.07, 6.45) is 0. The molecule has 0 aliphatic rings. The van der Waals surface area contributed by atoms with Crippen LogP contribution in [0.1, 0.15) is 68.7 Å². The molecule has 6 aromatic carbocycles. The summed E-state index contributed by atoms with van der Waals surface area (Å²) in [7, 11) is 0. The van der Waals surface area contributed by atoms with Gasteiger partial charge in [0.1, 0.15) is 11.5 Å². The Kier molecular flexibility index (Phi) is 9.58. The van der Waals surface area contributed by atoms with Crippen LogP contribution in [0.5, 0.6) is 34.5 Å². The van der Waals surface area contributed by atoms with E-state index in [4.69, 9.17) is 0 Å². The molecule has 1 unspecified atom stereocenters.